The van der Waals surface area contributed by atoms with Crippen LogP contribution in [-0.4, -0.2) is 47.9 Å². The van der Waals surface area contributed by atoms with Gasteiger partial charge in [-0.15, -0.1) is 0 Å². The van der Waals surface area contributed by atoms with E-state index in [4.69, 9.17) is 15.1 Å². The molecule has 29 heavy (non-hydrogen) atoms. The summed E-state index contributed by atoms with van der Waals surface area (Å²) in [5.41, 5.74) is 6.90. The van der Waals surface area contributed by atoms with Crippen LogP contribution in [0.1, 0.15) is 31.9 Å². The Morgan fingerprint density at radius 2 is 2.21 bits per heavy atom. The molecule has 0 radical (unpaired) electrons. The standard InChI is InChI=1S/C21H28FN5O2/c1-2-24-21(27-11-3-4-15(13-27)12-19(23)28)25-10-9-18-14-29-20(26-18)16-5-7-17(22)8-6-16/h5-8,14-15H,2-4,9-13H2,1H3,(H2,23,28)(H,24,25). The van der Waals surface area contributed by atoms with Gasteiger partial charge in [-0.2, -0.15) is 0 Å². The van der Waals surface area contributed by atoms with Crippen molar-refractivity contribution in [2.45, 2.75) is 32.6 Å². The van der Waals surface area contributed by atoms with Crippen molar-refractivity contribution in [1.82, 2.24) is 15.2 Å². The highest BCUT2D eigenvalue weighted by molar-refractivity contribution is 5.80. The lowest BCUT2D eigenvalue weighted by Gasteiger charge is -2.34. The van der Waals surface area contributed by atoms with E-state index in [0.29, 0.717) is 25.3 Å². The summed E-state index contributed by atoms with van der Waals surface area (Å²) in [6.45, 7) is 5.07. The van der Waals surface area contributed by atoms with Crippen LogP contribution in [0.15, 0.2) is 39.9 Å². The van der Waals surface area contributed by atoms with Gasteiger partial charge in [0.15, 0.2) is 5.96 Å². The summed E-state index contributed by atoms with van der Waals surface area (Å²) in [6.07, 6.45) is 4.71. The van der Waals surface area contributed by atoms with E-state index in [1.54, 1.807) is 18.4 Å². The third-order valence-corrected chi connectivity index (χ3v) is 4.92. The number of aliphatic imine (C=N–C) groups is 1. The number of oxazole rings is 1. The molecule has 1 aliphatic rings. The minimum absolute atomic E-state index is 0.248. The number of nitrogens with one attached hydrogen (secondary N) is 1. The number of rotatable bonds is 7. The zero-order valence-corrected chi connectivity index (χ0v) is 16.7. The first-order valence-corrected chi connectivity index (χ1v) is 10.1. The van der Waals surface area contributed by atoms with Gasteiger partial charge in [-0.05, 0) is 49.9 Å². The average Bonchev–Trinajstić information content (AvgIpc) is 3.16. The fourth-order valence-electron chi connectivity index (χ4n) is 3.56. The van der Waals surface area contributed by atoms with E-state index in [-0.39, 0.29) is 17.6 Å². The van der Waals surface area contributed by atoms with Crippen LogP contribution in [-0.2, 0) is 11.2 Å². The molecule has 156 valence electrons. The number of nitrogens with two attached hydrogens (primary N) is 1. The van der Waals surface area contributed by atoms with E-state index < -0.39 is 0 Å². The van der Waals surface area contributed by atoms with Gasteiger partial charge in [-0.3, -0.25) is 9.79 Å². The molecule has 0 aliphatic carbocycles. The molecule has 0 bridgehead atoms. The highest BCUT2D eigenvalue weighted by Crippen LogP contribution is 2.20. The van der Waals surface area contributed by atoms with Crippen molar-refractivity contribution in [2.24, 2.45) is 16.6 Å². The number of halogens is 1. The second-order valence-corrected chi connectivity index (χ2v) is 7.26. The summed E-state index contributed by atoms with van der Waals surface area (Å²) in [6, 6.07) is 6.06. The molecule has 1 aliphatic heterocycles. The van der Waals surface area contributed by atoms with Crippen molar-refractivity contribution in [2.75, 3.05) is 26.2 Å². The van der Waals surface area contributed by atoms with Gasteiger partial charge >= 0.3 is 0 Å². The van der Waals surface area contributed by atoms with Crippen LogP contribution in [0.2, 0.25) is 0 Å². The minimum Gasteiger partial charge on any atom is -0.444 e. The topological polar surface area (TPSA) is 96.8 Å². The van der Waals surface area contributed by atoms with Crippen LogP contribution in [0.3, 0.4) is 0 Å². The monoisotopic (exact) mass is 401 g/mol. The summed E-state index contributed by atoms with van der Waals surface area (Å²) >= 11 is 0. The number of hydrogen-bond donors (Lipinski definition) is 2. The first kappa shape index (κ1) is 20.8. The van der Waals surface area contributed by atoms with Gasteiger partial charge < -0.3 is 20.4 Å². The zero-order chi connectivity index (χ0) is 20.6. The number of aromatic nitrogens is 1. The Morgan fingerprint density at radius 3 is 2.93 bits per heavy atom. The Hall–Kier alpha value is -2.90. The minimum atomic E-state index is -0.290. The number of benzene rings is 1. The highest BCUT2D eigenvalue weighted by atomic mass is 19.1. The maximum Gasteiger partial charge on any atom is 0.226 e. The molecule has 1 saturated heterocycles. The molecule has 7 nitrogen and oxygen atoms in total. The predicted molar refractivity (Wildman–Crippen MR) is 110 cm³/mol. The number of carbonyl (C=O) groups is 1. The Morgan fingerprint density at radius 1 is 1.41 bits per heavy atom. The predicted octanol–water partition coefficient (Wildman–Crippen LogP) is 2.58. The van der Waals surface area contributed by atoms with Crippen LogP contribution in [0.25, 0.3) is 11.5 Å². The quantitative estimate of drug-likeness (QED) is 0.549. The molecule has 1 unspecified atom stereocenters. The Kier molecular flexibility index (Phi) is 7.21. The largest absolute Gasteiger partial charge is 0.444 e. The number of primary amides is 1. The maximum absolute atomic E-state index is 13.1. The number of piperidine rings is 1. The molecule has 3 rings (SSSR count). The van der Waals surface area contributed by atoms with E-state index in [1.165, 1.54) is 12.1 Å². The summed E-state index contributed by atoms with van der Waals surface area (Å²) < 4.78 is 18.6. The lowest BCUT2D eigenvalue weighted by atomic mass is 9.95. The Labute approximate surface area is 170 Å². The zero-order valence-electron chi connectivity index (χ0n) is 16.7. The van der Waals surface area contributed by atoms with E-state index in [1.807, 2.05) is 6.92 Å². The third kappa shape index (κ3) is 6.04. The number of amides is 1. The van der Waals surface area contributed by atoms with Gasteiger partial charge in [-0.1, -0.05) is 0 Å². The molecule has 1 fully saturated rings. The van der Waals surface area contributed by atoms with Crippen molar-refractivity contribution in [1.29, 1.82) is 0 Å². The Balaban J connectivity index is 1.59. The van der Waals surface area contributed by atoms with Crippen LogP contribution >= 0.6 is 0 Å². The molecule has 1 amide bonds. The lowest BCUT2D eigenvalue weighted by Crippen LogP contribution is -2.47. The average molecular weight is 401 g/mol. The number of carbonyl (C=O) groups excluding carboxylic acids is 1. The van der Waals surface area contributed by atoms with E-state index in [9.17, 15) is 9.18 Å². The summed E-state index contributed by atoms with van der Waals surface area (Å²) in [7, 11) is 0. The molecular weight excluding hydrogens is 373 g/mol. The fourth-order valence-corrected chi connectivity index (χ4v) is 3.56. The number of hydrogen-bond acceptors (Lipinski definition) is 4. The van der Waals surface area contributed by atoms with Crippen LogP contribution < -0.4 is 11.1 Å². The highest BCUT2D eigenvalue weighted by Gasteiger charge is 2.23. The Bertz CT molecular complexity index is 834. The number of nitrogens with zero attached hydrogens (tertiary/aromatic N) is 3. The molecule has 0 spiro atoms. The second-order valence-electron chi connectivity index (χ2n) is 7.26. The molecule has 1 atom stereocenters. The van der Waals surface area contributed by atoms with Gasteiger partial charge in [-0.25, -0.2) is 9.37 Å². The first-order valence-electron chi connectivity index (χ1n) is 10.1. The SMILES string of the molecule is CCNC(=NCCc1coc(-c2ccc(F)cc2)n1)N1CCCC(CC(N)=O)C1. The fraction of sp³-hybridized carbons (Fsp3) is 0.476. The van der Waals surface area contributed by atoms with Gasteiger partial charge in [0.2, 0.25) is 11.8 Å². The first-order chi connectivity index (χ1) is 14.0. The maximum atomic E-state index is 13.1. The second kappa shape index (κ2) is 10.0. The molecule has 1 aromatic heterocycles. The van der Waals surface area contributed by atoms with Crippen molar-refractivity contribution >= 4 is 11.9 Å². The smallest absolute Gasteiger partial charge is 0.226 e. The molecule has 2 aromatic rings. The van der Waals surface area contributed by atoms with E-state index in [2.05, 4.69) is 15.2 Å². The molecular formula is C21H28FN5O2. The molecule has 8 heteroatoms. The van der Waals surface area contributed by atoms with E-state index in [0.717, 1.165) is 49.7 Å². The third-order valence-electron chi connectivity index (χ3n) is 4.92. The van der Waals surface area contributed by atoms with E-state index >= 15 is 0 Å². The van der Waals surface area contributed by atoms with Gasteiger partial charge in [0.25, 0.3) is 0 Å². The van der Waals surface area contributed by atoms with Crippen LogP contribution in [0.4, 0.5) is 4.39 Å². The molecule has 0 saturated carbocycles. The van der Waals surface area contributed by atoms with Crippen molar-refractivity contribution in [3.63, 3.8) is 0 Å². The molecule has 1 aromatic carbocycles. The van der Waals surface area contributed by atoms with Crippen molar-refractivity contribution in [3.8, 4) is 11.5 Å². The van der Waals surface area contributed by atoms with Crippen molar-refractivity contribution < 1.29 is 13.6 Å². The lowest BCUT2D eigenvalue weighted by molar-refractivity contribution is -0.119. The number of guanidine groups is 1. The normalized spacial score (nSPS) is 17.4. The number of likely N-dealkylation sites (tertiary alicyclic amines) is 1. The van der Waals surface area contributed by atoms with Crippen molar-refractivity contribution in [3.05, 3.63) is 42.0 Å². The van der Waals surface area contributed by atoms with Crippen LogP contribution in [0.5, 0.6) is 0 Å². The summed E-state index contributed by atoms with van der Waals surface area (Å²) in [4.78, 5) is 22.6. The van der Waals surface area contributed by atoms with Gasteiger partial charge in [0, 0.05) is 44.6 Å². The summed E-state index contributed by atoms with van der Waals surface area (Å²) in [5, 5.41) is 3.33. The summed E-state index contributed by atoms with van der Waals surface area (Å²) in [5.74, 6) is 1.06. The molecule has 2 heterocycles. The van der Waals surface area contributed by atoms with Crippen LogP contribution in [0, 0.1) is 11.7 Å². The van der Waals surface area contributed by atoms with Gasteiger partial charge in [0.1, 0.15) is 12.1 Å². The van der Waals surface area contributed by atoms with Gasteiger partial charge in [0.05, 0.1) is 5.69 Å². The molecule has 3 N–H and O–H groups in total.